The number of sulfonamides is 1. The summed E-state index contributed by atoms with van der Waals surface area (Å²) in [7, 11) is -3.46. The maximum atomic E-state index is 12.1. The number of benzene rings is 1. The van der Waals surface area contributed by atoms with E-state index in [0.717, 1.165) is 18.4 Å². The summed E-state index contributed by atoms with van der Waals surface area (Å²) in [6.07, 6.45) is 1.91. The van der Waals surface area contributed by atoms with Crippen LogP contribution in [-0.2, 0) is 10.0 Å². The lowest BCUT2D eigenvalue weighted by Gasteiger charge is -2.19. The molecule has 1 N–H and O–H groups in total. The summed E-state index contributed by atoms with van der Waals surface area (Å²) < 4.78 is 26.7. The summed E-state index contributed by atoms with van der Waals surface area (Å²) in [5.74, 6) is 0.336. The zero-order valence-electron chi connectivity index (χ0n) is 11.7. The number of aryl methyl sites for hydroxylation is 1. The molecule has 0 amide bonds. The average molecular weight is 304 g/mol. The van der Waals surface area contributed by atoms with Crippen molar-refractivity contribution in [2.45, 2.75) is 43.9 Å². The quantitative estimate of drug-likeness (QED) is 0.786. The number of nitrogens with one attached hydrogen (secondary N) is 1. The van der Waals surface area contributed by atoms with Gasteiger partial charge in [-0.15, -0.1) is 11.6 Å². The summed E-state index contributed by atoms with van der Waals surface area (Å²) in [6, 6.07) is 6.79. The lowest BCUT2D eigenvalue weighted by atomic mass is 9.99. The van der Waals surface area contributed by atoms with E-state index >= 15 is 0 Å². The predicted molar refractivity (Wildman–Crippen MR) is 80.1 cm³/mol. The lowest BCUT2D eigenvalue weighted by molar-refractivity contribution is 0.460. The molecular formula is C14H22ClNO2S. The number of rotatable bonds is 7. The molecular weight excluding hydrogens is 282 g/mol. The Morgan fingerprint density at radius 3 is 2.16 bits per heavy atom. The highest BCUT2D eigenvalue weighted by Crippen LogP contribution is 2.18. The van der Waals surface area contributed by atoms with Gasteiger partial charge < -0.3 is 0 Å². The summed E-state index contributed by atoms with van der Waals surface area (Å²) in [5, 5.41) is -0.171. The highest BCUT2D eigenvalue weighted by molar-refractivity contribution is 7.89. The van der Waals surface area contributed by atoms with E-state index in [4.69, 9.17) is 11.6 Å². The van der Waals surface area contributed by atoms with Crippen molar-refractivity contribution in [1.82, 2.24) is 4.72 Å². The maximum absolute atomic E-state index is 12.1. The molecule has 0 saturated carbocycles. The smallest absolute Gasteiger partial charge is 0.210 e. The Labute approximate surface area is 121 Å². The molecule has 0 aromatic heterocycles. The first-order chi connectivity index (χ1) is 8.90. The molecule has 3 nitrogen and oxygen atoms in total. The fourth-order valence-corrected chi connectivity index (χ4v) is 3.54. The number of alkyl halides is 1. The lowest BCUT2D eigenvalue weighted by Crippen LogP contribution is -2.33. The van der Waals surface area contributed by atoms with Crippen molar-refractivity contribution in [3.63, 3.8) is 0 Å². The minimum absolute atomic E-state index is 0.171. The Morgan fingerprint density at radius 1 is 1.16 bits per heavy atom. The zero-order valence-corrected chi connectivity index (χ0v) is 13.3. The van der Waals surface area contributed by atoms with E-state index in [1.165, 1.54) is 0 Å². The van der Waals surface area contributed by atoms with E-state index in [0.29, 0.717) is 5.92 Å². The first-order valence-electron chi connectivity index (χ1n) is 6.61. The van der Waals surface area contributed by atoms with Crippen molar-refractivity contribution in [3.05, 3.63) is 29.8 Å². The molecule has 19 heavy (non-hydrogen) atoms. The molecule has 0 bridgehead atoms. The van der Waals surface area contributed by atoms with Gasteiger partial charge in [-0.1, -0.05) is 44.4 Å². The van der Waals surface area contributed by atoms with Crippen LogP contribution in [0.2, 0.25) is 0 Å². The van der Waals surface area contributed by atoms with Gasteiger partial charge in [0.25, 0.3) is 0 Å². The maximum Gasteiger partial charge on any atom is 0.240 e. The Bertz CT molecular complexity index is 481. The van der Waals surface area contributed by atoms with Gasteiger partial charge in [0.15, 0.2) is 0 Å². The van der Waals surface area contributed by atoms with Crippen LogP contribution in [0.4, 0.5) is 0 Å². The predicted octanol–water partition coefficient (Wildman–Crippen LogP) is 3.32. The Balaban J connectivity index is 2.68. The van der Waals surface area contributed by atoms with Gasteiger partial charge in [-0.05, 0) is 25.0 Å². The van der Waals surface area contributed by atoms with Crippen molar-refractivity contribution in [3.8, 4) is 0 Å². The first kappa shape index (κ1) is 16.5. The van der Waals surface area contributed by atoms with Gasteiger partial charge in [0.05, 0.1) is 4.90 Å². The second kappa shape index (κ2) is 7.27. The van der Waals surface area contributed by atoms with Crippen molar-refractivity contribution < 1.29 is 8.42 Å². The monoisotopic (exact) mass is 303 g/mol. The minimum atomic E-state index is -3.46. The van der Waals surface area contributed by atoms with Gasteiger partial charge in [0.1, 0.15) is 0 Å². The van der Waals surface area contributed by atoms with Crippen LogP contribution in [0.25, 0.3) is 0 Å². The van der Waals surface area contributed by atoms with Gasteiger partial charge in [0, 0.05) is 11.9 Å². The third kappa shape index (κ3) is 4.79. The van der Waals surface area contributed by atoms with Crippen LogP contribution in [-0.4, -0.2) is 20.3 Å². The molecule has 1 unspecified atom stereocenters. The molecule has 0 aliphatic heterocycles. The molecule has 0 radical (unpaired) electrons. The van der Waals surface area contributed by atoms with Crippen LogP contribution in [0.15, 0.2) is 29.2 Å². The Morgan fingerprint density at radius 2 is 1.68 bits per heavy atom. The van der Waals surface area contributed by atoms with Gasteiger partial charge >= 0.3 is 0 Å². The van der Waals surface area contributed by atoms with Crippen molar-refractivity contribution in [2.24, 2.45) is 5.92 Å². The molecule has 108 valence electrons. The first-order valence-corrected chi connectivity index (χ1v) is 8.53. The van der Waals surface area contributed by atoms with E-state index in [1.807, 2.05) is 6.92 Å². The third-order valence-electron chi connectivity index (χ3n) is 3.36. The van der Waals surface area contributed by atoms with Crippen molar-refractivity contribution in [1.29, 1.82) is 0 Å². The second-order valence-electron chi connectivity index (χ2n) is 4.76. The average Bonchev–Trinajstić information content (AvgIpc) is 2.38. The Hall–Kier alpha value is -0.580. The highest BCUT2D eigenvalue weighted by atomic mass is 35.5. The van der Waals surface area contributed by atoms with Gasteiger partial charge in [-0.2, -0.15) is 0 Å². The molecule has 0 saturated heterocycles. The molecule has 0 heterocycles. The van der Waals surface area contributed by atoms with E-state index < -0.39 is 10.0 Å². The molecule has 0 aliphatic rings. The highest BCUT2D eigenvalue weighted by Gasteiger charge is 2.20. The molecule has 1 rings (SSSR count). The standard InChI is InChI=1S/C14H22ClNO2S/c1-4-12(5-2)14(15)10-16-19(17,18)13-8-6-11(3)7-9-13/h6-9,12,14,16H,4-5,10H2,1-3H3. The summed E-state index contributed by atoms with van der Waals surface area (Å²) in [4.78, 5) is 0.284. The van der Waals surface area contributed by atoms with E-state index in [-0.39, 0.29) is 16.8 Å². The summed E-state index contributed by atoms with van der Waals surface area (Å²) in [6.45, 7) is 6.33. The Kier molecular flexibility index (Phi) is 6.30. The topological polar surface area (TPSA) is 46.2 Å². The second-order valence-corrected chi connectivity index (χ2v) is 7.09. The molecule has 1 atom stereocenters. The van der Waals surface area contributed by atoms with E-state index in [2.05, 4.69) is 18.6 Å². The molecule has 1 aromatic carbocycles. The molecule has 1 aromatic rings. The summed E-state index contributed by atoms with van der Waals surface area (Å²) >= 11 is 6.24. The number of hydrogen-bond donors (Lipinski definition) is 1. The van der Waals surface area contributed by atoms with Crippen LogP contribution in [0.1, 0.15) is 32.3 Å². The van der Waals surface area contributed by atoms with Crippen molar-refractivity contribution in [2.75, 3.05) is 6.54 Å². The van der Waals surface area contributed by atoms with E-state index in [1.54, 1.807) is 24.3 Å². The fourth-order valence-electron chi connectivity index (χ4n) is 1.96. The number of halogens is 1. The van der Waals surface area contributed by atoms with Gasteiger partial charge in [-0.25, -0.2) is 13.1 Å². The molecule has 5 heteroatoms. The molecule has 0 fully saturated rings. The van der Waals surface area contributed by atoms with E-state index in [9.17, 15) is 8.42 Å². The van der Waals surface area contributed by atoms with Crippen molar-refractivity contribution >= 4 is 21.6 Å². The minimum Gasteiger partial charge on any atom is -0.210 e. The largest absolute Gasteiger partial charge is 0.240 e. The number of hydrogen-bond acceptors (Lipinski definition) is 2. The van der Waals surface area contributed by atoms with Crippen LogP contribution in [0.3, 0.4) is 0 Å². The summed E-state index contributed by atoms with van der Waals surface area (Å²) in [5.41, 5.74) is 1.03. The van der Waals surface area contributed by atoms with Crippen LogP contribution < -0.4 is 4.72 Å². The fraction of sp³-hybridized carbons (Fsp3) is 0.571. The van der Waals surface area contributed by atoms with Gasteiger partial charge in [0.2, 0.25) is 10.0 Å². The molecule has 0 spiro atoms. The molecule has 0 aliphatic carbocycles. The normalized spacial score (nSPS) is 13.7. The zero-order chi connectivity index (χ0) is 14.5. The van der Waals surface area contributed by atoms with Crippen LogP contribution in [0.5, 0.6) is 0 Å². The van der Waals surface area contributed by atoms with Crippen LogP contribution >= 0.6 is 11.6 Å². The van der Waals surface area contributed by atoms with Gasteiger partial charge in [-0.3, -0.25) is 0 Å². The van der Waals surface area contributed by atoms with Crippen LogP contribution in [0, 0.1) is 12.8 Å². The third-order valence-corrected chi connectivity index (χ3v) is 5.31. The SMILES string of the molecule is CCC(CC)C(Cl)CNS(=O)(=O)c1ccc(C)cc1.